The van der Waals surface area contributed by atoms with Gasteiger partial charge >= 0.3 is 0 Å². The van der Waals surface area contributed by atoms with Crippen LogP contribution in [0.5, 0.6) is 0 Å². The SMILES string of the molecule is CC(C)CCNS(=O)(=O)c1cnn(CCCN)c1. The maximum absolute atomic E-state index is 11.9. The van der Waals surface area contributed by atoms with Gasteiger partial charge in [0.25, 0.3) is 0 Å². The molecule has 0 saturated carbocycles. The summed E-state index contributed by atoms with van der Waals surface area (Å²) in [6.45, 7) is 5.76. The van der Waals surface area contributed by atoms with Crippen molar-refractivity contribution < 1.29 is 8.42 Å². The first-order chi connectivity index (χ1) is 8.45. The minimum absolute atomic E-state index is 0.211. The number of hydrogen-bond donors (Lipinski definition) is 2. The Morgan fingerprint density at radius 3 is 2.83 bits per heavy atom. The van der Waals surface area contributed by atoms with Crippen molar-refractivity contribution in [3.8, 4) is 0 Å². The van der Waals surface area contributed by atoms with Crippen LogP contribution >= 0.6 is 0 Å². The van der Waals surface area contributed by atoms with Gasteiger partial charge < -0.3 is 5.73 Å². The van der Waals surface area contributed by atoms with Crippen molar-refractivity contribution in [2.45, 2.75) is 38.1 Å². The maximum Gasteiger partial charge on any atom is 0.243 e. The summed E-state index contributed by atoms with van der Waals surface area (Å²) in [7, 11) is -3.42. The van der Waals surface area contributed by atoms with Crippen molar-refractivity contribution >= 4 is 10.0 Å². The fraction of sp³-hybridized carbons (Fsp3) is 0.727. The van der Waals surface area contributed by atoms with Crippen LogP contribution < -0.4 is 10.5 Å². The van der Waals surface area contributed by atoms with E-state index in [-0.39, 0.29) is 4.90 Å². The van der Waals surface area contributed by atoms with Crippen LogP contribution in [0.4, 0.5) is 0 Å². The number of sulfonamides is 1. The van der Waals surface area contributed by atoms with Gasteiger partial charge in [-0.05, 0) is 25.3 Å². The van der Waals surface area contributed by atoms with Crippen molar-refractivity contribution in [3.63, 3.8) is 0 Å². The van der Waals surface area contributed by atoms with Gasteiger partial charge in [0.15, 0.2) is 0 Å². The van der Waals surface area contributed by atoms with E-state index in [9.17, 15) is 8.42 Å². The van der Waals surface area contributed by atoms with Crippen LogP contribution in [-0.2, 0) is 16.6 Å². The molecule has 0 unspecified atom stereocenters. The van der Waals surface area contributed by atoms with E-state index in [4.69, 9.17) is 5.73 Å². The average Bonchev–Trinajstić information content (AvgIpc) is 2.74. The molecule has 1 aromatic heterocycles. The summed E-state index contributed by atoms with van der Waals surface area (Å²) in [6, 6.07) is 0. The summed E-state index contributed by atoms with van der Waals surface area (Å²) in [5.41, 5.74) is 5.39. The van der Waals surface area contributed by atoms with E-state index in [1.54, 1.807) is 4.68 Å². The smallest absolute Gasteiger partial charge is 0.243 e. The van der Waals surface area contributed by atoms with Crippen LogP contribution in [0, 0.1) is 5.92 Å². The Morgan fingerprint density at radius 1 is 1.50 bits per heavy atom. The van der Waals surface area contributed by atoms with Gasteiger partial charge in [-0.3, -0.25) is 4.68 Å². The molecule has 7 heteroatoms. The molecule has 0 radical (unpaired) electrons. The van der Waals surface area contributed by atoms with Gasteiger partial charge in [-0.25, -0.2) is 13.1 Å². The number of hydrogen-bond acceptors (Lipinski definition) is 4. The molecule has 0 bridgehead atoms. The molecule has 0 aromatic carbocycles. The van der Waals surface area contributed by atoms with E-state index >= 15 is 0 Å². The quantitative estimate of drug-likeness (QED) is 0.724. The molecule has 0 aliphatic heterocycles. The van der Waals surface area contributed by atoms with E-state index < -0.39 is 10.0 Å². The normalized spacial score (nSPS) is 12.2. The molecule has 0 atom stereocenters. The molecule has 18 heavy (non-hydrogen) atoms. The monoisotopic (exact) mass is 274 g/mol. The summed E-state index contributed by atoms with van der Waals surface area (Å²) < 4.78 is 28.0. The Bertz CT molecular complexity index is 453. The van der Waals surface area contributed by atoms with E-state index in [0.717, 1.165) is 12.8 Å². The number of rotatable bonds is 8. The first-order valence-electron chi connectivity index (χ1n) is 6.18. The molecule has 0 aliphatic rings. The lowest BCUT2D eigenvalue weighted by molar-refractivity contribution is 0.551. The van der Waals surface area contributed by atoms with Gasteiger partial charge in [0, 0.05) is 19.3 Å². The predicted molar refractivity (Wildman–Crippen MR) is 70.5 cm³/mol. The Labute approximate surface area is 109 Å². The van der Waals surface area contributed by atoms with Crippen molar-refractivity contribution in [2.75, 3.05) is 13.1 Å². The first kappa shape index (κ1) is 15.1. The van der Waals surface area contributed by atoms with Crippen LogP contribution in [-0.4, -0.2) is 31.3 Å². The molecular formula is C11H22N4O2S. The topological polar surface area (TPSA) is 90.0 Å². The molecule has 1 heterocycles. The van der Waals surface area contributed by atoms with Gasteiger partial charge in [0.05, 0.1) is 6.20 Å². The largest absolute Gasteiger partial charge is 0.330 e. The number of aromatic nitrogens is 2. The number of aryl methyl sites for hydroxylation is 1. The number of nitrogens with zero attached hydrogens (tertiary/aromatic N) is 2. The summed E-state index contributed by atoms with van der Waals surface area (Å²) in [6.07, 6.45) is 4.50. The summed E-state index contributed by atoms with van der Waals surface area (Å²) in [5.74, 6) is 0.472. The van der Waals surface area contributed by atoms with Crippen molar-refractivity contribution in [1.82, 2.24) is 14.5 Å². The zero-order chi connectivity index (χ0) is 13.6. The minimum Gasteiger partial charge on any atom is -0.330 e. The molecule has 0 aliphatic carbocycles. The molecule has 6 nitrogen and oxygen atoms in total. The van der Waals surface area contributed by atoms with Crippen LogP contribution in [0.15, 0.2) is 17.3 Å². The van der Waals surface area contributed by atoms with E-state index in [1.165, 1.54) is 12.4 Å². The summed E-state index contributed by atoms with van der Waals surface area (Å²) >= 11 is 0. The van der Waals surface area contributed by atoms with Gasteiger partial charge in [-0.15, -0.1) is 0 Å². The lowest BCUT2D eigenvalue weighted by Crippen LogP contribution is -2.25. The third-order valence-electron chi connectivity index (χ3n) is 2.52. The zero-order valence-corrected chi connectivity index (χ0v) is 11.8. The van der Waals surface area contributed by atoms with Gasteiger partial charge in [-0.2, -0.15) is 5.10 Å². The van der Waals surface area contributed by atoms with E-state index in [2.05, 4.69) is 23.7 Å². The van der Waals surface area contributed by atoms with Gasteiger partial charge in [0.2, 0.25) is 10.0 Å². The highest BCUT2D eigenvalue weighted by molar-refractivity contribution is 7.89. The second-order valence-corrected chi connectivity index (χ2v) is 6.43. The molecule has 3 N–H and O–H groups in total. The molecule has 1 aromatic rings. The summed E-state index contributed by atoms with van der Waals surface area (Å²) in [5, 5.41) is 4.01. The molecule has 0 fully saturated rings. The Kier molecular flexibility index (Phi) is 5.77. The minimum atomic E-state index is -3.42. The van der Waals surface area contributed by atoms with Crippen LogP contribution in [0.2, 0.25) is 0 Å². The van der Waals surface area contributed by atoms with Crippen molar-refractivity contribution in [2.24, 2.45) is 11.7 Å². The highest BCUT2D eigenvalue weighted by atomic mass is 32.2. The van der Waals surface area contributed by atoms with Crippen LogP contribution in [0.25, 0.3) is 0 Å². The Morgan fingerprint density at radius 2 is 2.22 bits per heavy atom. The maximum atomic E-state index is 11.9. The molecule has 0 amide bonds. The van der Waals surface area contributed by atoms with Gasteiger partial charge in [-0.1, -0.05) is 13.8 Å². The second kappa shape index (κ2) is 6.86. The van der Waals surface area contributed by atoms with Crippen molar-refractivity contribution in [3.05, 3.63) is 12.4 Å². The molecule has 1 rings (SSSR count). The average molecular weight is 274 g/mol. The van der Waals surface area contributed by atoms with E-state index in [0.29, 0.717) is 25.6 Å². The molecule has 0 saturated heterocycles. The number of nitrogens with one attached hydrogen (secondary N) is 1. The third kappa shape index (κ3) is 4.75. The lowest BCUT2D eigenvalue weighted by Gasteiger charge is -2.06. The fourth-order valence-electron chi connectivity index (χ4n) is 1.42. The standard InChI is InChI=1S/C11H22N4O2S/c1-10(2)4-6-14-18(16,17)11-8-13-15(9-11)7-3-5-12/h8-10,14H,3-7,12H2,1-2H3. The highest BCUT2D eigenvalue weighted by Crippen LogP contribution is 2.08. The fourth-order valence-corrected chi connectivity index (χ4v) is 2.42. The molecular weight excluding hydrogens is 252 g/mol. The third-order valence-corrected chi connectivity index (χ3v) is 3.94. The number of nitrogens with two attached hydrogens (primary N) is 1. The first-order valence-corrected chi connectivity index (χ1v) is 7.66. The van der Waals surface area contributed by atoms with Gasteiger partial charge in [0.1, 0.15) is 4.90 Å². The molecule has 104 valence electrons. The Balaban J connectivity index is 2.58. The van der Waals surface area contributed by atoms with Crippen LogP contribution in [0.1, 0.15) is 26.7 Å². The summed E-state index contributed by atoms with van der Waals surface area (Å²) in [4.78, 5) is 0.211. The molecule has 0 spiro atoms. The lowest BCUT2D eigenvalue weighted by atomic mass is 10.1. The Hall–Kier alpha value is -0.920. The zero-order valence-electron chi connectivity index (χ0n) is 11.0. The van der Waals surface area contributed by atoms with Crippen molar-refractivity contribution in [1.29, 1.82) is 0 Å². The highest BCUT2D eigenvalue weighted by Gasteiger charge is 2.15. The second-order valence-electron chi connectivity index (χ2n) is 4.66. The van der Waals surface area contributed by atoms with E-state index in [1.807, 2.05) is 0 Å². The predicted octanol–water partition coefficient (Wildman–Crippen LogP) is 0.556. The van der Waals surface area contributed by atoms with Crippen LogP contribution in [0.3, 0.4) is 0 Å².